The monoisotopic (exact) mass is 179 g/mol. The van der Waals surface area contributed by atoms with E-state index >= 15 is 0 Å². The summed E-state index contributed by atoms with van der Waals surface area (Å²) in [5.74, 6) is 0. The second-order valence-electron chi connectivity index (χ2n) is 3.26. The fraction of sp³-hybridized carbons (Fsp3) is 0.400. The van der Waals surface area contributed by atoms with Crippen molar-refractivity contribution in [2.75, 3.05) is 0 Å². The zero-order chi connectivity index (χ0) is 8.39. The first-order valence-electron chi connectivity index (χ1n) is 4.35. The number of hydrogen-bond acceptors (Lipinski definition) is 2. The second-order valence-corrected chi connectivity index (χ2v) is 4.04. The quantitative estimate of drug-likeness (QED) is 0.704. The van der Waals surface area contributed by atoms with Gasteiger partial charge in [0.25, 0.3) is 0 Å². The van der Waals surface area contributed by atoms with Crippen molar-refractivity contribution in [2.24, 2.45) is 5.73 Å². The second kappa shape index (κ2) is 3.42. The van der Waals surface area contributed by atoms with E-state index in [1.165, 1.54) is 24.0 Å². The molecular formula is C10H13NS. The summed E-state index contributed by atoms with van der Waals surface area (Å²) >= 11 is 1.75. The maximum atomic E-state index is 5.86. The zero-order valence-electron chi connectivity index (χ0n) is 6.99. The lowest BCUT2D eigenvalue weighted by molar-refractivity contribution is 0.654. The molecule has 1 heterocycles. The van der Waals surface area contributed by atoms with Crippen molar-refractivity contribution < 1.29 is 0 Å². The summed E-state index contributed by atoms with van der Waals surface area (Å²) in [4.78, 5) is 0. The summed E-state index contributed by atoms with van der Waals surface area (Å²) in [5, 5.41) is 4.32. The van der Waals surface area contributed by atoms with Crippen LogP contribution >= 0.6 is 11.3 Å². The van der Waals surface area contributed by atoms with Crippen molar-refractivity contribution in [3.63, 3.8) is 0 Å². The lowest BCUT2D eigenvalue weighted by atomic mass is 9.93. The van der Waals surface area contributed by atoms with Crippen LogP contribution in [0.2, 0.25) is 0 Å². The van der Waals surface area contributed by atoms with Crippen LogP contribution in [0.4, 0.5) is 0 Å². The highest BCUT2D eigenvalue weighted by Crippen LogP contribution is 2.27. The minimum atomic E-state index is 0.286. The molecule has 2 N–H and O–H groups in total. The van der Waals surface area contributed by atoms with E-state index in [-0.39, 0.29) is 6.04 Å². The normalized spacial score (nSPS) is 23.8. The molecule has 1 atom stereocenters. The van der Waals surface area contributed by atoms with E-state index in [4.69, 9.17) is 5.73 Å². The molecule has 0 spiro atoms. The topological polar surface area (TPSA) is 26.0 Å². The lowest BCUT2D eigenvalue weighted by Crippen LogP contribution is -2.19. The highest BCUT2D eigenvalue weighted by Gasteiger charge is 2.10. The van der Waals surface area contributed by atoms with Crippen LogP contribution in [0.25, 0.3) is 5.57 Å². The van der Waals surface area contributed by atoms with Crippen molar-refractivity contribution >= 4 is 16.9 Å². The molecule has 0 aromatic carbocycles. The predicted octanol–water partition coefficient (Wildman–Crippen LogP) is 2.64. The van der Waals surface area contributed by atoms with Gasteiger partial charge in [0.15, 0.2) is 0 Å². The first-order valence-corrected chi connectivity index (χ1v) is 5.29. The Labute approximate surface area is 76.9 Å². The van der Waals surface area contributed by atoms with Crippen LogP contribution < -0.4 is 5.73 Å². The summed E-state index contributed by atoms with van der Waals surface area (Å²) in [6.45, 7) is 0. The first-order chi connectivity index (χ1) is 5.86. The van der Waals surface area contributed by atoms with Gasteiger partial charge >= 0.3 is 0 Å². The van der Waals surface area contributed by atoms with Gasteiger partial charge < -0.3 is 5.73 Å². The van der Waals surface area contributed by atoms with E-state index in [1.807, 2.05) is 0 Å². The molecule has 0 fully saturated rings. The molecule has 0 bridgehead atoms. The Bertz CT molecular complexity index is 274. The molecule has 64 valence electrons. The van der Waals surface area contributed by atoms with E-state index in [2.05, 4.69) is 22.9 Å². The average molecular weight is 179 g/mol. The SMILES string of the molecule is NC1C=C(c2ccsc2)CCC1. The van der Waals surface area contributed by atoms with Gasteiger partial charge in [-0.25, -0.2) is 0 Å². The molecule has 1 nitrogen and oxygen atoms in total. The van der Waals surface area contributed by atoms with Crippen LogP contribution in [-0.4, -0.2) is 6.04 Å². The molecule has 0 saturated heterocycles. The molecule has 1 aromatic rings. The van der Waals surface area contributed by atoms with E-state index in [9.17, 15) is 0 Å². The number of thiophene rings is 1. The number of nitrogens with two attached hydrogens (primary N) is 1. The summed E-state index contributed by atoms with van der Waals surface area (Å²) in [7, 11) is 0. The summed E-state index contributed by atoms with van der Waals surface area (Å²) < 4.78 is 0. The van der Waals surface area contributed by atoms with Crippen LogP contribution in [0.1, 0.15) is 24.8 Å². The van der Waals surface area contributed by atoms with Gasteiger partial charge in [-0.2, -0.15) is 11.3 Å². The highest BCUT2D eigenvalue weighted by atomic mass is 32.1. The van der Waals surface area contributed by atoms with Crippen molar-refractivity contribution in [1.29, 1.82) is 0 Å². The maximum absolute atomic E-state index is 5.86. The van der Waals surface area contributed by atoms with Gasteiger partial charge in [-0.1, -0.05) is 6.08 Å². The smallest absolute Gasteiger partial charge is 0.0229 e. The van der Waals surface area contributed by atoms with Gasteiger partial charge in [-0.3, -0.25) is 0 Å². The molecule has 1 aliphatic carbocycles. The minimum Gasteiger partial charge on any atom is -0.324 e. The van der Waals surface area contributed by atoms with Crippen molar-refractivity contribution in [3.8, 4) is 0 Å². The number of hydrogen-bond donors (Lipinski definition) is 1. The van der Waals surface area contributed by atoms with E-state index < -0.39 is 0 Å². The molecule has 12 heavy (non-hydrogen) atoms. The van der Waals surface area contributed by atoms with Crippen molar-refractivity contribution in [3.05, 3.63) is 28.5 Å². The third-order valence-corrected chi connectivity index (χ3v) is 2.97. The Morgan fingerprint density at radius 2 is 2.42 bits per heavy atom. The number of rotatable bonds is 1. The summed E-state index contributed by atoms with van der Waals surface area (Å²) in [6.07, 6.45) is 5.80. The Morgan fingerprint density at radius 1 is 1.50 bits per heavy atom. The first kappa shape index (κ1) is 8.02. The Hall–Kier alpha value is -0.600. The Balaban J connectivity index is 2.23. The van der Waals surface area contributed by atoms with Crippen LogP contribution in [0.15, 0.2) is 22.9 Å². The van der Waals surface area contributed by atoms with Gasteiger partial charge in [0.05, 0.1) is 0 Å². The molecule has 2 rings (SSSR count). The third-order valence-electron chi connectivity index (χ3n) is 2.29. The lowest BCUT2D eigenvalue weighted by Gasteiger charge is -2.16. The van der Waals surface area contributed by atoms with Gasteiger partial charge in [-0.05, 0) is 47.2 Å². The molecule has 1 unspecified atom stereocenters. The zero-order valence-corrected chi connectivity index (χ0v) is 7.81. The van der Waals surface area contributed by atoms with Gasteiger partial charge in [0.2, 0.25) is 0 Å². The van der Waals surface area contributed by atoms with Crippen LogP contribution in [0.5, 0.6) is 0 Å². The Kier molecular flexibility index (Phi) is 2.28. The molecular weight excluding hydrogens is 166 g/mol. The molecule has 1 aliphatic rings. The maximum Gasteiger partial charge on any atom is 0.0229 e. The Morgan fingerprint density at radius 3 is 3.08 bits per heavy atom. The van der Waals surface area contributed by atoms with Crippen molar-refractivity contribution in [2.45, 2.75) is 25.3 Å². The van der Waals surface area contributed by atoms with E-state index in [0.717, 1.165) is 6.42 Å². The van der Waals surface area contributed by atoms with Gasteiger partial charge in [-0.15, -0.1) is 0 Å². The summed E-state index contributed by atoms with van der Waals surface area (Å²) in [6, 6.07) is 2.46. The van der Waals surface area contributed by atoms with Crippen molar-refractivity contribution in [1.82, 2.24) is 0 Å². The third kappa shape index (κ3) is 1.59. The molecule has 0 radical (unpaired) electrons. The molecule has 0 amide bonds. The largest absolute Gasteiger partial charge is 0.324 e. The highest BCUT2D eigenvalue weighted by molar-refractivity contribution is 7.08. The minimum absolute atomic E-state index is 0.286. The van der Waals surface area contributed by atoms with Crippen LogP contribution in [-0.2, 0) is 0 Å². The summed E-state index contributed by atoms with van der Waals surface area (Å²) in [5.41, 5.74) is 8.67. The molecule has 1 aromatic heterocycles. The standard InChI is InChI=1S/C10H13NS/c11-10-3-1-2-8(6-10)9-4-5-12-7-9/h4-7,10H,1-3,11H2. The predicted molar refractivity (Wildman–Crippen MR) is 54.1 cm³/mol. The van der Waals surface area contributed by atoms with Gasteiger partial charge in [0.1, 0.15) is 0 Å². The number of allylic oxidation sites excluding steroid dienone is 1. The fourth-order valence-corrected chi connectivity index (χ4v) is 2.32. The van der Waals surface area contributed by atoms with Gasteiger partial charge in [0, 0.05) is 6.04 Å². The molecule has 0 aliphatic heterocycles. The van der Waals surface area contributed by atoms with Crippen LogP contribution in [0.3, 0.4) is 0 Å². The molecule has 0 saturated carbocycles. The van der Waals surface area contributed by atoms with E-state index in [1.54, 1.807) is 11.3 Å². The average Bonchev–Trinajstić information content (AvgIpc) is 2.56. The van der Waals surface area contributed by atoms with Crippen LogP contribution in [0, 0.1) is 0 Å². The fourth-order valence-electron chi connectivity index (χ4n) is 1.64. The van der Waals surface area contributed by atoms with E-state index in [0.29, 0.717) is 0 Å². The molecule has 2 heteroatoms.